The number of alkyl halides is 3. The van der Waals surface area contributed by atoms with Gasteiger partial charge in [0.25, 0.3) is 12.1 Å². The maximum atomic E-state index is 12.4. The number of pyridine rings is 1. The van der Waals surface area contributed by atoms with E-state index in [4.69, 9.17) is 11.6 Å². The third-order valence-corrected chi connectivity index (χ3v) is 2.87. The van der Waals surface area contributed by atoms with Crippen molar-refractivity contribution in [2.45, 2.75) is 12.3 Å². The van der Waals surface area contributed by atoms with Gasteiger partial charge in [-0.15, -0.1) is 11.6 Å². The Labute approximate surface area is 102 Å². The zero-order chi connectivity index (χ0) is 11.6. The molecule has 8 heteroatoms. The molecule has 0 saturated carbocycles. The van der Waals surface area contributed by atoms with Crippen LogP contribution in [0.15, 0.2) is 6.20 Å². The van der Waals surface area contributed by atoms with E-state index in [1.54, 1.807) is 22.6 Å². The molecule has 0 atom stereocenters. The largest absolute Gasteiger partial charge is 0.286 e. The zero-order valence-corrected chi connectivity index (χ0v) is 10.00. The lowest BCUT2D eigenvalue weighted by molar-refractivity contribution is -0.387. The molecule has 4 nitrogen and oxygen atoms in total. The van der Waals surface area contributed by atoms with E-state index in [1.165, 1.54) is 0 Å². The highest BCUT2D eigenvalue weighted by Crippen LogP contribution is 2.33. The molecule has 0 aromatic carbocycles. The number of aromatic nitrogens is 1. The Kier molecular flexibility index (Phi) is 4.14. The van der Waals surface area contributed by atoms with Crippen LogP contribution in [-0.2, 0) is 5.88 Å². The molecule has 0 unspecified atom stereocenters. The molecule has 0 spiro atoms. The van der Waals surface area contributed by atoms with Gasteiger partial charge in [-0.05, 0) is 22.6 Å². The summed E-state index contributed by atoms with van der Waals surface area (Å²) in [4.78, 5) is 13.4. The Morgan fingerprint density at radius 3 is 2.67 bits per heavy atom. The van der Waals surface area contributed by atoms with Crippen LogP contribution in [0, 0.1) is 13.8 Å². The van der Waals surface area contributed by atoms with Crippen LogP contribution in [0.25, 0.3) is 0 Å². The third kappa shape index (κ3) is 2.51. The summed E-state index contributed by atoms with van der Waals surface area (Å²) in [6, 6.07) is 0. The number of rotatable bonds is 3. The van der Waals surface area contributed by atoms with Gasteiger partial charge in [0.15, 0.2) is 0 Å². The van der Waals surface area contributed by atoms with Crippen LogP contribution < -0.4 is 0 Å². The van der Waals surface area contributed by atoms with Crippen molar-refractivity contribution in [1.82, 2.24) is 4.98 Å². The molecule has 0 amide bonds. The summed E-state index contributed by atoms with van der Waals surface area (Å²) in [7, 11) is 0. The fourth-order valence-corrected chi connectivity index (χ4v) is 2.09. The molecule has 0 bridgehead atoms. The van der Waals surface area contributed by atoms with Gasteiger partial charge in [-0.25, -0.2) is 13.8 Å². The van der Waals surface area contributed by atoms with Crippen molar-refractivity contribution >= 4 is 39.9 Å². The maximum Gasteiger partial charge on any atom is 0.286 e. The van der Waals surface area contributed by atoms with Gasteiger partial charge in [0, 0.05) is 6.20 Å². The van der Waals surface area contributed by atoms with Crippen molar-refractivity contribution in [1.29, 1.82) is 0 Å². The highest BCUT2D eigenvalue weighted by molar-refractivity contribution is 14.1. The maximum absolute atomic E-state index is 12.4. The van der Waals surface area contributed by atoms with Crippen LogP contribution in [0.1, 0.15) is 17.6 Å². The van der Waals surface area contributed by atoms with Gasteiger partial charge in [0.2, 0.25) is 0 Å². The fourth-order valence-electron chi connectivity index (χ4n) is 1.03. The highest BCUT2D eigenvalue weighted by atomic mass is 127. The minimum absolute atomic E-state index is 0.0278. The molecule has 1 aromatic heterocycles. The number of nitro groups is 1. The monoisotopic (exact) mass is 348 g/mol. The van der Waals surface area contributed by atoms with E-state index in [-0.39, 0.29) is 15.1 Å². The van der Waals surface area contributed by atoms with Gasteiger partial charge < -0.3 is 0 Å². The summed E-state index contributed by atoms with van der Waals surface area (Å²) in [5, 5.41) is 10.6. The van der Waals surface area contributed by atoms with Crippen LogP contribution in [0.5, 0.6) is 0 Å². The molecular weight excluding hydrogens is 344 g/mol. The lowest BCUT2D eigenvalue weighted by Crippen LogP contribution is -2.04. The first-order valence-corrected chi connectivity index (χ1v) is 5.26. The standard InChI is InChI=1S/C7H4ClF2IN2O2/c8-1-3-5(13(14)15)4(6(9)10)2-12-7(3)11/h2,6H,1H2. The molecule has 1 aromatic rings. The predicted octanol–water partition coefficient (Wildman–Crippen LogP) is 3.27. The molecule has 0 aliphatic heterocycles. The third-order valence-electron chi connectivity index (χ3n) is 1.68. The molecule has 1 rings (SSSR count). The normalized spacial score (nSPS) is 10.7. The first-order valence-electron chi connectivity index (χ1n) is 3.64. The zero-order valence-electron chi connectivity index (χ0n) is 7.08. The minimum Gasteiger partial charge on any atom is -0.258 e. The Bertz CT molecular complexity index is 403. The van der Waals surface area contributed by atoms with Crippen molar-refractivity contribution in [3.63, 3.8) is 0 Å². The van der Waals surface area contributed by atoms with Crippen LogP contribution in [0.2, 0.25) is 0 Å². The number of halogens is 4. The quantitative estimate of drug-likeness (QED) is 0.277. The lowest BCUT2D eigenvalue weighted by atomic mass is 10.1. The van der Waals surface area contributed by atoms with E-state index < -0.39 is 22.6 Å². The molecular formula is C7H4ClF2IN2O2. The smallest absolute Gasteiger partial charge is 0.258 e. The second-order valence-corrected chi connectivity index (χ2v) is 3.81. The van der Waals surface area contributed by atoms with Gasteiger partial charge in [-0.1, -0.05) is 0 Å². The molecule has 0 aliphatic carbocycles. The van der Waals surface area contributed by atoms with Gasteiger partial charge in [0.05, 0.1) is 16.4 Å². The van der Waals surface area contributed by atoms with Crippen LogP contribution in [0.4, 0.5) is 14.5 Å². The number of hydrogen-bond donors (Lipinski definition) is 0. The van der Waals surface area contributed by atoms with E-state index in [0.717, 1.165) is 6.20 Å². The molecule has 0 fully saturated rings. The number of hydrogen-bond acceptors (Lipinski definition) is 3. The van der Waals surface area contributed by atoms with Crippen LogP contribution in [0.3, 0.4) is 0 Å². The van der Waals surface area contributed by atoms with E-state index in [1.807, 2.05) is 0 Å². The van der Waals surface area contributed by atoms with Crippen LogP contribution in [-0.4, -0.2) is 9.91 Å². The van der Waals surface area contributed by atoms with Gasteiger partial charge in [-0.3, -0.25) is 10.1 Å². The van der Waals surface area contributed by atoms with Crippen molar-refractivity contribution in [3.05, 3.63) is 31.1 Å². The summed E-state index contributed by atoms with van der Waals surface area (Å²) in [6.45, 7) is 0. The van der Waals surface area contributed by atoms with Crippen LogP contribution >= 0.6 is 34.2 Å². The van der Waals surface area contributed by atoms with Gasteiger partial charge >= 0.3 is 0 Å². The van der Waals surface area contributed by atoms with E-state index >= 15 is 0 Å². The summed E-state index contributed by atoms with van der Waals surface area (Å²) in [5.74, 6) is -0.220. The van der Waals surface area contributed by atoms with E-state index in [2.05, 4.69) is 4.98 Å². The minimum atomic E-state index is -2.93. The Morgan fingerprint density at radius 1 is 1.67 bits per heavy atom. The van der Waals surface area contributed by atoms with E-state index in [0.29, 0.717) is 0 Å². The molecule has 0 N–H and O–H groups in total. The first kappa shape index (κ1) is 12.5. The lowest BCUT2D eigenvalue weighted by Gasteiger charge is -2.06. The Balaban J connectivity index is 3.49. The molecule has 1 heterocycles. The van der Waals surface area contributed by atoms with Crippen molar-refractivity contribution in [2.75, 3.05) is 0 Å². The van der Waals surface area contributed by atoms with Crippen molar-refractivity contribution < 1.29 is 13.7 Å². The predicted molar refractivity (Wildman–Crippen MR) is 58.1 cm³/mol. The Hall–Kier alpha value is -0.570. The van der Waals surface area contributed by atoms with Crippen molar-refractivity contribution in [3.8, 4) is 0 Å². The summed E-state index contributed by atoms with van der Waals surface area (Å²) in [5.41, 5.74) is -1.31. The molecule has 0 saturated heterocycles. The van der Waals surface area contributed by atoms with Gasteiger partial charge in [-0.2, -0.15) is 0 Å². The number of nitrogens with zero attached hydrogens (tertiary/aromatic N) is 2. The summed E-state index contributed by atoms with van der Waals surface area (Å²) in [6.07, 6.45) is -2.13. The SMILES string of the molecule is O=[N+]([O-])c1c(C(F)F)cnc(I)c1CCl. The second kappa shape index (κ2) is 4.97. The topological polar surface area (TPSA) is 56.0 Å². The Morgan fingerprint density at radius 2 is 2.27 bits per heavy atom. The summed E-state index contributed by atoms with van der Waals surface area (Å²) < 4.78 is 25.2. The molecule has 82 valence electrons. The molecule has 0 radical (unpaired) electrons. The van der Waals surface area contributed by atoms with E-state index in [9.17, 15) is 18.9 Å². The summed E-state index contributed by atoms with van der Waals surface area (Å²) >= 11 is 7.18. The van der Waals surface area contributed by atoms with Gasteiger partial charge in [0.1, 0.15) is 9.26 Å². The average molecular weight is 348 g/mol. The average Bonchev–Trinajstić information content (AvgIpc) is 2.16. The highest BCUT2D eigenvalue weighted by Gasteiger charge is 2.27. The van der Waals surface area contributed by atoms with Crippen molar-refractivity contribution in [2.24, 2.45) is 0 Å². The molecule has 0 aliphatic rings. The fraction of sp³-hybridized carbons (Fsp3) is 0.286. The second-order valence-electron chi connectivity index (χ2n) is 2.52. The molecule has 15 heavy (non-hydrogen) atoms. The first-order chi connectivity index (χ1) is 6.99.